The zero-order chi connectivity index (χ0) is 21.0. The molecular weight excluding hydrogens is 410 g/mol. The summed E-state index contributed by atoms with van der Waals surface area (Å²) in [5.74, 6) is 0.883. The predicted molar refractivity (Wildman–Crippen MR) is 121 cm³/mol. The fourth-order valence-electron chi connectivity index (χ4n) is 3.67. The summed E-state index contributed by atoms with van der Waals surface area (Å²) in [6, 6.07) is 16.5. The lowest BCUT2D eigenvalue weighted by Gasteiger charge is -2.08. The second-order valence-corrected chi connectivity index (χ2v) is 8.13. The number of ether oxygens (including phenoxy) is 2. The van der Waals surface area contributed by atoms with Gasteiger partial charge in [-0.05, 0) is 31.5 Å². The molecule has 0 unspecified atom stereocenters. The molecule has 0 N–H and O–H groups in total. The van der Waals surface area contributed by atoms with Crippen molar-refractivity contribution in [3.8, 4) is 17.0 Å². The van der Waals surface area contributed by atoms with E-state index in [9.17, 15) is 0 Å². The van der Waals surface area contributed by atoms with E-state index in [1.54, 1.807) is 24.0 Å². The second kappa shape index (κ2) is 8.87. The maximum Gasteiger partial charge on any atom is 0.195 e. The second-order valence-electron chi connectivity index (χ2n) is 7.12. The number of fused-ring (bicyclic) bond motifs is 3. The largest absolute Gasteiger partial charge is 0.494 e. The van der Waals surface area contributed by atoms with Crippen molar-refractivity contribution in [3.05, 3.63) is 66.9 Å². The normalized spacial score (nSPS) is 11.5. The number of nitrogens with zero attached hydrogens (tertiary/aromatic N) is 5. The van der Waals surface area contributed by atoms with Crippen LogP contribution in [0.3, 0.4) is 0 Å². The van der Waals surface area contributed by atoms with Gasteiger partial charge in [0.15, 0.2) is 4.96 Å². The Kier molecular flexibility index (Phi) is 5.64. The van der Waals surface area contributed by atoms with Crippen LogP contribution in [0.5, 0.6) is 5.75 Å². The fourth-order valence-corrected chi connectivity index (χ4v) is 4.74. The number of benzene rings is 2. The minimum absolute atomic E-state index is 0.488. The van der Waals surface area contributed by atoms with Crippen molar-refractivity contribution in [2.45, 2.75) is 26.5 Å². The van der Waals surface area contributed by atoms with Crippen LogP contribution in [-0.2, 0) is 17.9 Å². The van der Waals surface area contributed by atoms with Crippen molar-refractivity contribution >= 4 is 26.5 Å². The Morgan fingerprint density at radius 2 is 2.00 bits per heavy atom. The van der Waals surface area contributed by atoms with E-state index >= 15 is 0 Å². The fraction of sp³-hybridized carbons (Fsp3) is 0.261. The molecule has 0 saturated heterocycles. The summed E-state index contributed by atoms with van der Waals surface area (Å²) in [6.07, 6.45) is 4.14. The van der Waals surface area contributed by atoms with Gasteiger partial charge in [-0.2, -0.15) is 5.10 Å². The Balaban J connectivity index is 1.45. The van der Waals surface area contributed by atoms with E-state index in [-0.39, 0.29) is 0 Å². The lowest BCUT2D eigenvalue weighted by molar-refractivity contribution is 0.112. The van der Waals surface area contributed by atoms with Gasteiger partial charge in [-0.15, -0.1) is 0 Å². The lowest BCUT2D eigenvalue weighted by Crippen LogP contribution is -2.05. The number of imidazole rings is 1. The van der Waals surface area contributed by atoms with Crippen molar-refractivity contribution < 1.29 is 9.47 Å². The van der Waals surface area contributed by atoms with Gasteiger partial charge in [0.05, 0.1) is 34.8 Å². The summed E-state index contributed by atoms with van der Waals surface area (Å²) in [6.45, 7) is 4.56. The summed E-state index contributed by atoms with van der Waals surface area (Å²) in [5.41, 5.74) is 4.26. The Morgan fingerprint density at radius 1 is 1.10 bits per heavy atom. The van der Waals surface area contributed by atoms with E-state index in [0.29, 0.717) is 19.8 Å². The SMILES string of the molecule is CCOc1ccc2c(c1)sc1nc(-c3ccccc3)c(COCCCn3cncn3)n12. The molecule has 0 atom stereocenters. The number of aryl methyl sites for hydroxylation is 1. The molecule has 0 spiro atoms. The topological polar surface area (TPSA) is 66.5 Å². The van der Waals surface area contributed by atoms with Crippen LogP contribution in [0, 0.1) is 0 Å². The summed E-state index contributed by atoms with van der Waals surface area (Å²) in [7, 11) is 0. The third-order valence-electron chi connectivity index (χ3n) is 5.05. The van der Waals surface area contributed by atoms with Crippen molar-refractivity contribution in [1.82, 2.24) is 24.1 Å². The summed E-state index contributed by atoms with van der Waals surface area (Å²) >= 11 is 1.67. The molecule has 31 heavy (non-hydrogen) atoms. The van der Waals surface area contributed by atoms with Gasteiger partial charge < -0.3 is 9.47 Å². The first-order valence-corrected chi connectivity index (χ1v) is 11.2. The van der Waals surface area contributed by atoms with E-state index in [1.807, 2.05) is 35.9 Å². The van der Waals surface area contributed by atoms with E-state index in [0.717, 1.165) is 50.8 Å². The van der Waals surface area contributed by atoms with Crippen LogP contribution in [0.15, 0.2) is 61.2 Å². The number of thiazole rings is 1. The molecule has 5 rings (SSSR count). The number of hydrogen-bond acceptors (Lipinski definition) is 6. The van der Waals surface area contributed by atoms with Gasteiger partial charge in [0.2, 0.25) is 0 Å². The van der Waals surface area contributed by atoms with Gasteiger partial charge in [0.1, 0.15) is 18.4 Å². The molecule has 8 heteroatoms. The first kappa shape index (κ1) is 19.7. The van der Waals surface area contributed by atoms with Crippen LogP contribution in [-0.4, -0.2) is 37.4 Å². The van der Waals surface area contributed by atoms with Gasteiger partial charge in [-0.25, -0.2) is 9.97 Å². The maximum absolute atomic E-state index is 6.08. The highest BCUT2D eigenvalue weighted by atomic mass is 32.1. The minimum atomic E-state index is 0.488. The first-order valence-electron chi connectivity index (χ1n) is 10.4. The molecule has 7 nitrogen and oxygen atoms in total. The number of hydrogen-bond donors (Lipinski definition) is 0. The Hall–Kier alpha value is -3.23. The highest BCUT2D eigenvalue weighted by molar-refractivity contribution is 7.23. The van der Waals surface area contributed by atoms with Crippen LogP contribution in [0.25, 0.3) is 26.4 Å². The van der Waals surface area contributed by atoms with Crippen molar-refractivity contribution in [1.29, 1.82) is 0 Å². The molecule has 0 aliphatic rings. The van der Waals surface area contributed by atoms with Crippen LogP contribution in [0.4, 0.5) is 0 Å². The zero-order valence-corrected chi connectivity index (χ0v) is 18.1. The average molecular weight is 434 g/mol. The highest BCUT2D eigenvalue weighted by Gasteiger charge is 2.18. The molecule has 158 valence electrons. The monoisotopic (exact) mass is 433 g/mol. The molecule has 0 radical (unpaired) electrons. The van der Waals surface area contributed by atoms with Crippen molar-refractivity contribution in [2.75, 3.05) is 13.2 Å². The van der Waals surface area contributed by atoms with Gasteiger partial charge >= 0.3 is 0 Å². The maximum atomic E-state index is 6.08. The molecule has 3 heterocycles. The number of rotatable bonds is 9. The van der Waals surface area contributed by atoms with Crippen LogP contribution in [0.1, 0.15) is 19.0 Å². The predicted octanol–water partition coefficient (Wildman–Crippen LogP) is 4.81. The molecule has 0 amide bonds. The molecule has 0 fully saturated rings. The van der Waals surface area contributed by atoms with Gasteiger partial charge in [-0.1, -0.05) is 41.7 Å². The third kappa shape index (κ3) is 4.04. The van der Waals surface area contributed by atoms with Crippen LogP contribution < -0.4 is 4.74 Å². The molecule has 2 aromatic carbocycles. The average Bonchev–Trinajstić information content (AvgIpc) is 3.50. The van der Waals surface area contributed by atoms with Crippen molar-refractivity contribution in [3.63, 3.8) is 0 Å². The standard InChI is InChI=1S/C23H23N5O2S/c1-2-30-18-9-10-19-21(13-18)31-23-26-22(17-7-4-3-5-8-17)20(28(19)23)14-29-12-6-11-27-16-24-15-25-27/h3-5,7-10,13,15-16H,2,6,11-12,14H2,1H3. The molecule has 5 aromatic rings. The molecule has 0 bridgehead atoms. The van der Waals surface area contributed by atoms with Crippen molar-refractivity contribution in [2.24, 2.45) is 0 Å². The molecular formula is C23H23N5O2S. The lowest BCUT2D eigenvalue weighted by atomic mass is 10.1. The Bertz CT molecular complexity index is 1280. The molecule has 3 aromatic heterocycles. The highest BCUT2D eigenvalue weighted by Crippen LogP contribution is 2.35. The Morgan fingerprint density at radius 3 is 2.81 bits per heavy atom. The minimum Gasteiger partial charge on any atom is -0.494 e. The molecule has 0 aliphatic heterocycles. The van der Waals surface area contributed by atoms with E-state index in [1.165, 1.54) is 0 Å². The number of aromatic nitrogens is 5. The van der Waals surface area contributed by atoms with E-state index in [2.05, 4.69) is 38.7 Å². The van der Waals surface area contributed by atoms with Gasteiger partial charge in [0, 0.05) is 18.7 Å². The summed E-state index contributed by atoms with van der Waals surface area (Å²) in [4.78, 5) is 9.91. The van der Waals surface area contributed by atoms with Crippen LogP contribution in [0.2, 0.25) is 0 Å². The summed E-state index contributed by atoms with van der Waals surface area (Å²) in [5, 5.41) is 4.13. The van der Waals surface area contributed by atoms with Crippen LogP contribution >= 0.6 is 11.3 Å². The smallest absolute Gasteiger partial charge is 0.195 e. The quantitative estimate of drug-likeness (QED) is 0.312. The molecule has 0 aliphatic carbocycles. The first-order chi connectivity index (χ1) is 15.3. The van der Waals surface area contributed by atoms with Gasteiger partial charge in [-0.3, -0.25) is 9.08 Å². The molecule has 0 saturated carbocycles. The third-order valence-corrected chi connectivity index (χ3v) is 6.06. The summed E-state index contributed by atoms with van der Waals surface area (Å²) < 4.78 is 16.9. The van der Waals surface area contributed by atoms with Gasteiger partial charge in [0.25, 0.3) is 0 Å². The Labute approximate surface area is 183 Å². The van der Waals surface area contributed by atoms with E-state index < -0.39 is 0 Å². The zero-order valence-electron chi connectivity index (χ0n) is 17.3. The van der Waals surface area contributed by atoms with E-state index in [4.69, 9.17) is 14.5 Å².